The highest BCUT2D eigenvalue weighted by Crippen LogP contribution is 2.37. The van der Waals surface area contributed by atoms with Gasteiger partial charge in [0.25, 0.3) is 0 Å². The Labute approximate surface area is 228 Å². The van der Waals surface area contributed by atoms with Gasteiger partial charge in [-0.3, -0.25) is 9.78 Å². The average Bonchev–Trinajstić information content (AvgIpc) is 3.61. The second-order valence-corrected chi connectivity index (χ2v) is 11.3. The maximum atomic E-state index is 12.8. The third kappa shape index (κ3) is 5.34. The summed E-state index contributed by atoms with van der Waals surface area (Å²) in [5, 5.41) is 26.2. The summed E-state index contributed by atoms with van der Waals surface area (Å²) in [5.41, 5.74) is 3.12. The number of hydrogen-bond acceptors (Lipinski definition) is 7. The first kappa shape index (κ1) is 24.4. The molecule has 0 bridgehead atoms. The molecule has 4 aromatic rings. The van der Waals surface area contributed by atoms with E-state index in [0.717, 1.165) is 12.8 Å². The first-order chi connectivity index (χ1) is 18.5. The van der Waals surface area contributed by atoms with Crippen LogP contribution in [0.5, 0.6) is 0 Å². The molecule has 8 nitrogen and oxygen atoms in total. The molecule has 1 aliphatic rings. The fourth-order valence-corrected chi connectivity index (χ4v) is 4.49. The van der Waals surface area contributed by atoms with Gasteiger partial charge in [-0.15, -0.1) is 5.10 Å². The van der Waals surface area contributed by atoms with Crippen molar-refractivity contribution in [1.82, 2.24) is 20.0 Å². The minimum atomic E-state index is -1.62. The molecule has 2 aromatic heterocycles. The van der Waals surface area contributed by atoms with Gasteiger partial charge in [0.1, 0.15) is 11.8 Å². The Morgan fingerprint density at radius 1 is 1.32 bits per heavy atom. The number of benzene rings is 2. The van der Waals surface area contributed by atoms with E-state index in [1.807, 2.05) is 12.1 Å². The van der Waals surface area contributed by atoms with Gasteiger partial charge in [-0.2, -0.15) is 5.26 Å². The van der Waals surface area contributed by atoms with Crippen molar-refractivity contribution in [2.75, 3.05) is 17.2 Å². The predicted octanol–water partition coefficient (Wildman–Crippen LogP) is 6.55. The van der Waals surface area contributed by atoms with Gasteiger partial charge in [-0.1, -0.05) is 55.8 Å². The molecule has 1 aliphatic carbocycles. The highest BCUT2D eigenvalue weighted by Gasteiger charge is 2.28. The third-order valence-electron chi connectivity index (χ3n) is 6.37. The van der Waals surface area contributed by atoms with Crippen molar-refractivity contribution in [3.63, 3.8) is 0 Å². The maximum Gasteiger partial charge on any atom is 0.162 e. The number of pyridine rings is 1. The van der Waals surface area contributed by atoms with Crippen LogP contribution in [-0.2, 0) is 0 Å². The molecule has 0 spiro atoms. The van der Waals surface area contributed by atoms with Crippen molar-refractivity contribution >= 4 is 39.7 Å². The Morgan fingerprint density at radius 2 is 2.08 bits per heavy atom. The Hall–Kier alpha value is -3.96. The molecule has 2 aromatic carbocycles. The molecule has 5 rings (SSSR count). The second-order valence-electron chi connectivity index (χ2n) is 10.8. The van der Waals surface area contributed by atoms with Gasteiger partial charge in [0, 0.05) is 34.4 Å². The summed E-state index contributed by atoms with van der Waals surface area (Å²) in [6, 6.07) is 11.5. The number of fused-ring (bicyclic) bond motifs is 1. The lowest BCUT2D eigenvalue weighted by molar-refractivity contribution is 0.101. The van der Waals surface area contributed by atoms with Crippen LogP contribution in [-0.4, -0.2) is 32.3 Å². The van der Waals surface area contributed by atoms with Gasteiger partial charge >= 0.3 is 0 Å². The maximum absolute atomic E-state index is 12.8. The number of Topliss-reactive ketones (excluding diaryl/α,β-unsaturated/α-hetero) is 1. The van der Waals surface area contributed by atoms with Crippen LogP contribution in [0.2, 0.25) is 5.02 Å². The number of aromatic nitrogens is 4. The summed E-state index contributed by atoms with van der Waals surface area (Å²) < 4.78 is 11.4. The molecule has 0 radical (unpaired) electrons. The van der Waals surface area contributed by atoms with Crippen LogP contribution in [0.15, 0.2) is 48.8 Å². The van der Waals surface area contributed by atoms with Crippen LogP contribution in [0.3, 0.4) is 0 Å². The van der Waals surface area contributed by atoms with Crippen LogP contribution >= 0.6 is 11.6 Å². The number of carbonyl (C=O) groups is 1. The number of nitrogens with zero attached hydrogens (tertiary/aromatic N) is 5. The fourth-order valence-electron chi connectivity index (χ4n) is 4.26. The molecule has 0 saturated heterocycles. The van der Waals surface area contributed by atoms with E-state index in [0.29, 0.717) is 62.3 Å². The van der Waals surface area contributed by atoms with E-state index in [-0.39, 0.29) is 11.2 Å². The molecule has 1 saturated carbocycles. The van der Waals surface area contributed by atoms with Gasteiger partial charge < -0.3 is 10.6 Å². The number of halogens is 1. The van der Waals surface area contributed by atoms with Gasteiger partial charge in [0.05, 0.1) is 36.4 Å². The number of anilines is 2. The minimum Gasteiger partial charge on any atom is -0.383 e. The lowest BCUT2D eigenvalue weighted by atomic mass is 9.96. The number of carbonyl (C=O) groups excluding carboxylic acids is 1. The predicted molar refractivity (Wildman–Crippen MR) is 150 cm³/mol. The quantitative estimate of drug-likeness (QED) is 0.250. The number of hydrogen-bond donors (Lipinski definition) is 2. The molecule has 2 heterocycles. The van der Waals surface area contributed by atoms with E-state index in [2.05, 4.69) is 52.8 Å². The molecular formula is C29H30ClN7O. The third-order valence-corrected chi connectivity index (χ3v) is 6.70. The number of nitriles is 1. The molecule has 9 heteroatoms. The van der Waals surface area contributed by atoms with Crippen molar-refractivity contribution in [3.8, 4) is 6.07 Å². The lowest BCUT2D eigenvalue weighted by Crippen LogP contribution is -2.20. The van der Waals surface area contributed by atoms with Crippen LogP contribution in [0.25, 0.3) is 10.9 Å². The zero-order chi connectivity index (χ0) is 27.9. The molecular weight excluding hydrogens is 498 g/mol. The minimum absolute atomic E-state index is 0.0602. The van der Waals surface area contributed by atoms with Crippen LogP contribution in [0, 0.1) is 16.7 Å². The van der Waals surface area contributed by atoms with Crippen molar-refractivity contribution < 1.29 is 6.17 Å². The Balaban J connectivity index is 1.69. The molecule has 0 aliphatic heterocycles. The number of nitrogens with one attached hydrogen (secondary N) is 2. The van der Waals surface area contributed by atoms with Crippen molar-refractivity contribution in [3.05, 3.63) is 76.2 Å². The van der Waals surface area contributed by atoms with Crippen LogP contribution in [0.4, 0.5) is 11.4 Å². The van der Waals surface area contributed by atoms with E-state index in [1.165, 1.54) is 13.1 Å². The molecule has 1 atom stereocenters. The zero-order valence-corrected chi connectivity index (χ0v) is 22.6. The molecule has 0 amide bonds. The SMILES string of the molecule is [2H][C@@](Nc1cc(C(C)=O)c2ncc(C#N)c(NCC(C)(C)C)c2c1)(c1cn(C2CC2)nn1)c1ccccc1Cl. The van der Waals surface area contributed by atoms with Gasteiger partial charge in [0.15, 0.2) is 5.78 Å². The summed E-state index contributed by atoms with van der Waals surface area (Å²) in [4.78, 5) is 17.3. The van der Waals surface area contributed by atoms with E-state index >= 15 is 0 Å². The first-order valence-electron chi connectivity index (χ1n) is 13.1. The molecule has 1 fully saturated rings. The van der Waals surface area contributed by atoms with Crippen molar-refractivity contribution in [1.29, 1.82) is 5.26 Å². The summed E-state index contributed by atoms with van der Waals surface area (Å²) in [5.74, 6) is -0.185. The zero-order valence-electron chi connectivity index (χ0n) is 22.8. The number of ketones is 1. The van der Waals surface area contributed by atoms with E-state index < -0.39 is 6.02 Å². The summed E-state index contributed by atoms with van der Waals surface area (Å²) in [6.45, 7) is 8.35. The summed E-state index contributed by atoms with van der Waals surface area (Å²) >= 11 is 6.61. The highest BCUT2D eigenvalue weighted by molar-refractivity contribution is 6.31. The smallest absolute Gasteiger partial charge is 0.162 e. The monoisotopic (exact) mass is 528 g/mol. The summed E-state index contributed by atoms with van der Waals surface area (Å²) in [6.07, 6.45) is 5.32. The molecule has 194 valence electrons. The topological polar surface area (TPSA) is 109 Å². The summed E-state index contributed by atoms with van der Waals surface area (Å²) in [7, 11) is 0. The Morgan fingerprint density at radius 3 is 2.74 bits per heavy atom. The molecule has 38 heavy (non-hydrogen) atoms. The van der Waals surface area contributed by atoms with Crippen LogP contribution in [0.1, 0.15) is 81.1 Å². The first-order valence-corrected chi connectivity index (χ1v) is 12.9. The Kier molecular flexibility index (Phi) is 6.46. The normalized spacial score (nSPS) is 15.4. The molecule has 2 N–H and O–H groups in total. The standard InChI is InChI=1S/C29H30ClN7O/c1-17(38)22-11-19(12-23-26(33-16-29(2,3)4)18(13-31)14-32-27(22)23)34-28(21-7-5-6-8-24(21)30)25-15-37(36-35-25)20-9-10-20/h5-8,11-12,14-15,20,28,34H,9-10,16H2,1-4H3,(H,32,33)/t28-/m0/s1/i28D. The Bertz CT molecular complexity index is 1620. The molecule has 0 unspecified atom stereocenters. The van der Waals surface area contributed by atoms with E-state index in [1.54, 1.807) is 35.1 Å². The van der Waals surface area contributed by atoms with Crippen molar-refractivity contribution in [2.45, 2.75) is 52.6 Å². The lowest BCUT2D eigenvalue weighted by Gasteiger charge is -2.23. The van der Waals surface area contributed by atoms with E-state index in [4.69, 9.17) is 11.6 Å². The largest absolute Gasteiger partial charge is 0.383 e. The second kappa shape index (κ2) is 10.1. The van der Waals surface area contributed by atoms with Gasteiger partial charge in [0.2, 0.25) is 0 Å². The van der Waals surface area contributed by atoms with Gasteiger partial charge in [-0.05, 0) is 48.9 Å². The van der Waals surface area contributed by atoms with Crippen molar-refractivity contribution in [2.24, 2.45) is 5.41 Å². The fraction of sp³-hybridized carbons (Fsp3) is 0.345. The van der Waals surface area contributed by atoms with Crippen LogP contribution < -0.4 is 10.6 Å². The highest BCUT2D eigenvalue weighted by atomic mass is 35.5. The average molecular weight is 529 g/mol. The van der Waals surface area contributed by atoms with Gasteiger partial charge in [-0.25, -0.2) is 4.68 Å². The van der Waals surface area contributed by atoms with E-state index in [9.17, 15) is 11.4 Å². The number of rotatable bonds is 8.